The maximum Gasteiger partial charge on any atom is 0.238 e. The summed E-state index contributed by atoms with van der Waals surface area (Å²) in [5.41, 5.74) is 2.93. The average molecular weight is 327 g/mol. The van der Waals surface area contributed by atoms with E-state index in [9.17, 15) is 9.59 Å². The Balaban J connectivity index is 1.56. The molecule has 2 aromatic rings. The van der Waals surface area contributed by atoms with Crippen LogP contribution in [0.3, 0.4) is 0 Å². The van der Waals surface area contributed by atoms with Gasteiger partial charge in [-0.05, 0) is 24.6 Å². The number of aryl methyl sites for hydroxylation is 1. The minimum atomic E-state index is -0.449. The number of amides is 2. The van der Waals surface area contributed by atoms with E-state index in [2.05, 4.69) is 15.6 Å². The Morgan fingerprint density at radius 1 is 1.30 bits per heavy atom. The van der Waals surface area contributed by atoms with Gasteiger partial charge in [-0.3, -0.25) is 9.59 Å². The van der Waals surface area contributed by atoms with Crippen molar-refractivity contribution in [3.8, 4) is 0 Å². The molecule has 2 N–H and O–H groups in total. The highest BCUT2D eigenvalue weighted by Crippen LogP contribution is 2.34. The predicted octanol–water partition coefficient (Wildman–Crippen LogP) is 2.51. The first-order chi connectivity index (χ1) is 11.1. The number of carbonyl (C=O) groups is 2. The molecule has 0 fully saturated rings. The Hall–Kier alpha value is -2.34. The van der Waals surface area contributed by atoms with Gasteiger partial charge in [0.25, 0.3) is 0 Å². The lowest BCUT2D eigenvalue weighted by atomic mass is 10.1. The third-order valence-corrected chi connectivity index (χ3v) is 4.77. The quantitative estimate of drug-likeness (QED) is 0.905. The molecule has 2 heterocycles. The van der Waals surface area contributed by atoms with Gasteiger partial charge in [0.2, 0.25) is 11.8 Å². The van der Waals surface area contributed by atoms with Crippen LogP contribution in [0.25, 0.3) is 0 Å². The molecule has 6 heteroatoms. The molecule has 1 aromatic heterocycles. The number of hydrogen-bond acceptors (Lipinski definition) is 4. The highest BCUT2D eigenvalue weighted by molar-refractivity contribution is 8.00. The Morgan fingerprint density at radius 3 is 2.87 bits per heavy atom. The van der Waals surface area contributed by atoms with Gasteiger partial charge in [0.15, 0.2) is 0 Å². The molecular formula is C17H17N3O2S. The summed E-state index contributed by atoms with van der Waals surface area (Å²) in [6.07, 6.45) is 1.82. The van der Waals surface area contributed by atoms with Gasteiger partial charge >= 0.3 is 0 Å². The number of nitrogens with zero attached hydrogens (tertiary/aromatic N) is 1. The van der Waals surface area contributed by atoms with E-state index in [0.29, 0.717) is 12.2 Å². The first-order valence-electron chi connectivity index (χ1n) is 7.36. The molecule has 1 aliphatic rings. The first-order valence-corrected chi connectivity index (χ1v) is 8.24. The van der Waals surface area contributed by atoms with Crippen LogP contribution in [0, 0.1) is 6.92 Å². The van der Waals surface area contributed by atoms with Crippen molar-refractivity contribution in [3.05, 3.63) is 53.7 Å². The zero-order valence-electron chi connectivity index (χ0n) is 12.7. The molecule has 5 nitrogen and oxygen atoms in total. The van der Waals surface area contributed by atoms with Crippen molar-refractivity contribution in [2.45, 2.75) is 30.2 Å². The van der Waals surface area contributed by atoms with Crippen LogP contribution in [0.5, 0.6) is 0 Å². The van der Waals surface area contributed by atoms with Crippen LogP contribution in [-0.2, 0) is 16.1 Å². The number of thioether (sulfide) groups is 1. The molecule has 1 unspecified atom stereocenters. The summed E-state index contributed by atoms with van der Waals surface area (Å²) in [4.78, 5) is 28.4. The maximum atomic E-state index is 12.1. The molecule has 118 valence electrons. The van der Waals surface area contributed by atoms with Crippen LogP contribution < -0.4 is 10.6 Å². The Labute approximate surface area is 138 Å². The molecule has 0 saturated carbocycles. The summed E-state index contributed by atoms with van der Waals surface area (Å²) in [6, 6.07) is 11.6. The van der Waals surface area contributed by atoms with Crippen molar-refractivity contribution in [1.29, 1.82) is 0 Å². The Bertz CT molecular complexity index is 731. The van der Waals surface area contributed by atoms with Crippen LogP contribution >= 0.6 is 11.8 Å². The number of benzene rings is 1. The van der Waals surface area contributed by atoms with Gasteiger partial charge in [-0.15, -0.1) is 0 Å². The van der Waals surface area contributed by atoms with E-state index in [-0.39, 0.29) is 18.2 Å². The fourth-order valence-electron chi connectivity index (χ4n) is 2.26. The number of pyridine rings is 1. The number of aromatic nitrogens is 1. The minimum absolute atomic E-state index is 0.137. The molecular weight excluding hydrogens is 310 g/mol. The molecule has 1 atom stereocenters. The molecule has 23 heavy (non-hydrogen) atoms. The van der Waals surface area contributed by atoms with Crippen LogP contribution in [0.15, 0.2) is 47.6 Å². The molecule has 0 aliphatic carbocycles. The second-order valence-electron chi connectivity index (χ2n) is 5.42. The average Bonchev–Trinajstić information content (AvgIpc) is 2.55. The van der Waals surface area contributed by atoms with Crippen molar-refractivity contribution in [2.24, 2.45) is 0 Å². The first kappa shape index (κ1) is 15.6. The van der Waals surface area contributed by atoms with E-state index in [1.165, 1.54) is 17.3 Å². The largest absolute Gasteiger partial charge is 0.352 e. The topological polar surface area (TPSA) is 71.1 Å². The van der Waals surface area contributed by atoms with Crippen molar-refractivity contribution in [3.63, 3.8) is 0 Å². The summed E-state index contributed by atoms with van der Waals surface area (Å²) in [7, 11) is 0. The molecule has 0 saturated heterocycles. The third-order valence-electron chi connectivity index (χ3n) is 3.56. The smallest absolute Gasteiger partial charge is 0.238 e. The van der Waals surface area contributed by atoms with Gasteiger partial charge in [-0.25, -0.2) is 4.98 Å². The Morgan fingerprint density at radius 2 is 2.09 bits per heavy atom. The number of rotatable bonds is 4. The molecule has 0 radical (unpaired) electrons. The van der Waals surface area contributed by atoms with Gasteiger partial charge in [-0.2, -0.15) is 0 Å². The second-order valence-corrected chi connectivity index (χ2v) is 6.61. The zero-order chi connectivity index (χ0) is 16.2. The fourth-order valence-corrected chi connectivity index (χ4v) is 3.30. The van der Waals surface area contributed by atoms with Crippen LogP contribution in [0.2, 0.25) is 0 Å². The lowest BCUT2D eigenvalue weighted by Gasteiger charge is -2.22. The molecule has 0 bridgehead atoms. The monoisotopic (exact) mass is 327 g/mol. The second kappa shape index (κ2) is 6.83. The summed E-state index contributed by atoms with van der Waals surface area (Å²) >= 11 is 1.33. The Kier molecular flexibility index (Phi) is 4.62. The van der Waals surface area contributed by atoms with E-state index >= 15 is 0 Å². The highest BCUT2D eigenvalue weighted by Gasteiger charge is 2.29. The summed E-state index contributed by atoms with van der Waals surface area (Å²) in [5.74, 6) is -0.293. The lowest BCUT2D eigenvalue weighted by Crippen LogP contribution is -2.34. The van der Waals surface area contributed by atoms with Crippen LogP contribution in [0.1, 0.15) is 17.5 Å². The fraction of sp³-hybridized carbons (Fsp3) is 0.235. The van der Waals surface area contributed by atoms with Gasteiger partial charge in [0, 0.05) is 19.2 Å². The lowest BCUT2D eigenvalue weighted by molar-refractivity contribution is -0.124. The highest BCUT2D eigenvalue weighted by atomic mass is 32.2. The zero-order valence-corrected chi connectivity index (χ0v) is 13.5. The molecule has 1 aromatic carbocycles. The molecule has 1 aliphatic heterocycles. The summed E-state index contributed by atoms with van der Waals surface area (Å²) in [6.45, 7) is 2.49. The predicted molar refractivity (Wildman–Crippen MR) is 90.2 cm³/mol. The van der Waals surface area contributed by atoms with Crippen molar-refractivity contribution in [2.75, 3.05) is 5.32 Å². The molecule has 3 rings (SSSR count). The summed E-state index contributed by atoms with van der Waals surface area (Å²) < 4.78 is 0. The number of carbonyl (C=O) groups excluding carboxylic acids is 2. The normalized spacial score (nSPS) is 16.4. The van der Waals surface area contributed by atoms with E-state index in [0.717, 1.165) is 10.6 Å². The SMILES string of the molecule is Cc1ccc(CNC(=O)CC2Sc3ncccc3NC2=O)cc1. The number of nitrogens with one attached hydrogen (secondary N) is 2. The maximum absolute atomic E-state index is 12.1. The molecule has 2 amide bonds. The number of hydrogen-bond donors (Lipinski definition) is 2. The molecule has 0 spiro atoms. The number of fused-ring (bicyclic) bond motifs is 1. The van der Waals surface area contributed by atoms with Crippen molar-refractivity contribution in [1.82, 2.24) is 10.3 Å². The van der Waals surface area contributed by atoms with E-state index in [1.54, 1.807) is 18.3 Å². The third kappa shape index (κ3) is 3.90. The van der Waals surface area contributed by atoms with Crippen molar-refractivity contribution >= 4 is 29.3 Å². The minimum Gasteiger partial charge on any atom is -0.352 e. The summed E-state index contributed by atoms with van der Waals surface area (Å²) in [5, 5.41) is 5.96. The van der Waals surface area contributed by atoms with E-state index < -0.39 is 5.25 Å². The van der Waals surface area contributed by atoms with Crippen LogP contribution in [0.4, 0.5) is 5.69 Å². The van der Waals surface area contributed by atoms with Gasteiger partial charge in [0.1, 0.15) is 5.03 Å². The van der Waals surface area contributed by atoms with E-state index in [4.69, 9.17) is 0 Å². The van der Waals surface area contributed by atoms with Gasteiger partial charge < -0.3 is 10.6 Å². The van der Waals surface area contributed by atoms with Gasteiger partial charge in [-0.1, -0.05) is 41.6 Å². The standard InChI is InChI=1S/C17H17N3O2S/c1-11-4-6-12(7-5-11)10-19-15(21)9-14-16(22)20-13-3-2-8-18-17(13)23-14/h2-8,14H,9-10H2,1H3,(H,19,21)(H,20,22). The number of anilines is 1. The van der Waals surface area contributed by atoms with Crippen molar-refractivity contribution < 1.29 is 9.59 Å². The van der Waals surface area contributed by atoms with E-state index in [1.807, 2.05) is 31.2 Å². The van der Waals surface area contributed by atoms with Crippen LogP contribution in [-0.4, -0.2) is 22.0 Å². The van der Waals surface area contributed by atoms with Gasteiger partial charge in [0.05, 0.1) is 10.9 Å².